The van der Waals surface area contributed by atoms with Gasteiger partial charge in [0.2, 0.25) is 15.9 Å². The predicted octanol–water partition coefficient (Wildman–Crippen LogP) is 3.88. The standard InChI is InChI=1S/C20H22BrN3O4S/c1-13(25)22-18-10-9-15(21)12-19(18)23-20(26)14-5-4-8-17(11-14)29(27,28)24-16-6-2-3-7-16/h4-5,8-12,16,24H,2-3,6-7H2,1H3,(H,22,25)(H,23,26). The quantitative estimate of drug-likeness (QED) is 0.584. The molecule has 1 aliphatic carbocycles. The van der Waals surface area contributed by atoms with E-state index in [9.17, 15) is 18.0 Å². The molecule has 0 saturated heterocycles. The first-order valence-electron chi connectivity index (χ1n) is 9.25. The van der Waals surface area contributed by atoms with Crippen LogP contribution < -0.4 is 15.4 Å². The molecule has 2 aromatic rings. The van der Waals surface area contributed by atoms with Crippen molar-refractivity contribution in [1.29, 1.82) is 0 Å². The van der Waals surface area contributed by atoms with Crippen molar-refractivity contribution in [1.82, 2.24) is 4.72 Å². The zero-order valence-electron chi connectivity index (χ0n) is 15.9. The Kier molecular flexibility index (Phi) is 6.71. The van der Waals surface area contributed by atoms with E-state index >= 15 is 0 Å². The molecule has 29 heavy (non-hydrogen) atoms. The van der Waals surface area contributed by atoms with Crippen LogP contribution in [0.3, 0.4) is 0 Å². The zero-order valence-corrected chi connectivity index (χ0v) is 18.3. The number of anilines is 2. The molecule has 1 saturated carbocycles. The van der Waals surface area contributed by atoms with E-state index in [1.54, 1.807) is 24.3 Å². The lowest BCUT2D eigenvalue weighted by molar-refractivity contribution is -0.114. The normalized spacial score (nSPS) is 14.6. The van der Waals surface area contributed by atoms with E-state index in [0.717, 1.165) is 30.2 Å². The van der Waals surface area contributed by atoms with Crippen LogP contribution in [0.25, 0.3) is 0 Å². The number of carbonyl (C=O) groups is 2. The van der Waals surface area contributed by atoms with Gasteiger partial charge in [-0.1, -0.05) is 34.8 Å². The van der Waals surface area contributed by atoms with Gasteiger partial charge >= 0.3 is 0 Å². The van der Waals surface area contributed by atoms with E-state index in [-0.39, 0.29) is 22.4 Å². The third-order valence-electron chi connectivity index (χ3n) is 4.62. The Morgan fingerprint density at radius 1 is 1.00 bits per heavy atom. The Hall–Kier alpha value is -2.23. The predicted molar refractivity (Wildman–Crippen MR) is 115 cm³/mol. The molecular formula is C20H22BrN3O4S. The summed E-state index contributed by atoms with van der Waals surface area (Å²) < 4.78 is 28.7. The number of benzene rings is 2. The molecule has 3 rings (SSSR count). The van der Waals surface area contributed by atoms with Crippen LogP contribution in [0, 0.1) is 0 Å². The van der Waals surface area contributed by atoms with Crippen molar-refractivity contribution in [2.45, 2.75) is 43.5 Å². The highest BCUT2D eigenvalue weighted by Crippen LogP contribution is 2.27. The molecule has 0 unspecified atom stereocenters. The Morgan fingerprint density at radius 3 is 2.41 bits per heavy atom. The number of rotatable bonds is 6. The fourth-order valence-corrected chi connectivity index (χ4v) is 4.96. The molecule has 7 nitrogen and oxygen atoms in total. The van der Waals surface area contributed by atoms with Crippen molar-refractivity contribution in [2.75, 3.05) is 10.6 Å². The van der Waals surface area contributed by atoms with Crippen LogP contribution in [0.4, 0.5) is 11.4 Å². The van der Waals surface area contributed by atoms with Crippen molar-refractivity contribution >= 4 is 49.1 Å². The second kappa shape index (κ2) is 9.06. The van der Waals surface area contributed by atoms with Crippen LogP contribution in [-0.4, -0.2) is 26.3 Å². The summed E-state index contributed by atoms with van der Waals surface area (Å²) in [5, 5.41) is 5.38. The highest BCUT2D eigenvalue weighted by atomic mass is 79.9. The summed E-state index contributed by atoms with van der Waals surface area (Å²) in [6.45, 7) is 1.37. The second-order valence-corrected chi connectivity index (χ2v) is 9.59. The monoisotopic (exact) mass is 479 g/mol. The van der Waals surface area contributed by atoms with Gasteiger partial charge in [-0.05, 0) is 49.2 Å². The highest BCUT2D eigenvalue weighted by Gasteiger charge is 2.23. The molecule has 0 spiro atoms. The van der Waals surface area contributed by atoms with E-state index in [2.05, 4.69) is 31.3 Å². The minimum absolute atomic E-state index is 0.0494. The Morgan fingerprint density at radius 2 is 1.72 bits per heavy atom. The first-order valence-corrected chi connectivity index (χ1v) is 11.5. The molecule has 9 heteroatoms. The number of hydrogen-bond acceptors (Lipinski definition) is 4. The Balaban J connectivity index is 1.81. The van der Waals surface area contributed by atoms with Gasteiger partial charge in [0.15, 0.2) is 0 Å². The molecule has 0 atom stereocenters. The minimum atomic E-state index is -3.70. The van der Waals surface area contributed by atoms with Crippen LogP contribution in [0.5, 0.6) is 0 Å². The molecule has 0 bridgehead atoms. The van der Waals surface area contributed by atoms with Gasteiger partial charge < -0.3 is 10.6 Å². The van der Waals surface area contributed by atoms with Crippen molar-refractivity contribution in [3.8, 4) is 0 Å². The SMILES string of the molecule is CC(=O)Nc1ccc(Br)cc1NC(=O)c1cccc(S(=O)(=O)NC2CCCC2)c1. The fourth-order valence-electron chi connectivity index (χ4n) is 3.25. The average molecular weight is 480 g/mol. The number of halogens is 1. The van der Waals surface area contributed by atoms with Gasteiger partial charge in [0, 0.05) is 23.0 Å². The van der Waals surface area contributed by atoms with Gasteiger partial charge in [-0.15, -0.1) is 0 Å². The van der Waals surface area contributed by atoms with Gasteiger partial charge in [-0.2, -0.15) is 0 Å². The average Bonchev–Trinajstić information content (AvgIpc) is 3.16. The van der Waals surface area contributed by atoms with Crippen LogP contribution >= 0.6 is 15.9 Å². The first-order chi connectivity index (χ1) is 13.7. The number of sulfonamides is 1. The lowest BCUT2D eigenvalue weighted by Crippen LogP contribution is -2.32. The zero-order chi connectivity index (χ0) is 21.0. The lowest BCUT2D eigenvalue weighted by atomic mass is 10.2. The Labute approximate surface area is 178 Å². The molecule has 0 aliphatic heterocycles. The highest BCUT2D eigenvalue weighted by molar-refractivity contribution is 9.10. The lowest BCUT2D eigenvalue weighted by Gasteiger charge is -2.14. The topological polar surface area (TPSA) is 104 Å². The van der Waals surface area contributed by atoms with Crippen LogP contribution in [0.2, 0.25) is 0 Å². The number of carbonyl (C=O) groups excluding carboxylic acids is 2. The van der Waals surface area contributed by atoms with E-state index in [0.29, 0.717) is 11.4 Å². The van der Waals surface area contributed by atoms with E-state index in [1.807, 2.05) is 0 Å². The van der Waals surface area contributed by atoms with Gasteiger partial charge in [-0.3, -0.25) is 9.59 Å². The number of amides is 2. The molecule has 0 radical (unpaired) electrons. The van der Waals surface area contributed by atoms with Crippen LogP contribution in [-0.2, 0) is 14.8 Å². The molecule has 1 fully saturated rings. The van der Waals surface area contributed by atoms with Gasteiger partial charge in [-0.25, -0.2) is 13.1 Å². The maximum atomic E-state index is 12.7. The third kappa shape index (κ3) is 5.65. The van der Waals surface area contributed by atoms with Crippen molar-refractivity contribution in [2.24, 2.45) is 0 Å². The largest absolute Gasteiger partial charge is 0.325 e. The molecule has 0 heterocycles. The summed E-state index contributed by atoms with van der Waals surface area (Å²) in [5.74, 6) is -0.749. The number of hydrogen-bond donors (Lipinski definition) is 3. The van der Waals surface area contributed by atoms with Gasteiger partial charge in [0.25, 0.3) is 5.91 Å². The summed E-state index contributed by atoms with van der Waals surface area (Å²) in [7, 11) is -3.70. The summed E-state index contributed by atoms with van der Waals surface area (Å²) in [6.07, 6.45) is 3.68. The molecular weight excluding hydrogens is 458 g/mol. The molecule has 1 aliphatic rings. The molecule has 154 valence electrons. The van der Waals surface area contributed by atoms with Gasteiger partial charge in [0.05, 0.1) is 16.3 Å². The van der Waals surface area contributed by atoms with E-state index < -0.39 is 15.9 Å². The maximum absolute atomic E-state index is 12.7. The van der Waals surface area contributed by atoms with E-state index in [1.165, 1.54) is 25.1 Å². The molecule has 2 aromatic carbocycles. The van der Waals surface area contributed by atoms with Crippen molar-refractivity contribution in [3.63, 3.8) is 0 Å². The summed E-state index contributed by atoms with van der Waals surface area (Å²) in [4.78, 5) is 24.2. The first kappa shape index (κ1) is 21.5. The van der Waals surface area contributed by atoms with Crippen molar-refractivity contribution < 1.29 is 18.0 Å². The summed E-state index contributed by atoms with van der Waals surface area (Å²) in [6, 6.07) is 10.9. The van der Waals surface area contributed by atoms with E-state index in [4.69, 9.17) is 0 Å². The Bertz CT molecular complexity index is 1030. The summed E-state index contributed by atoms with van der Waals surface area (Å²) in [5.41, 5.74) is 1.05. The third-order valence-corrected chi connectivity index (χ3v) is 6.64. The fraction of sp³-hybridized carbons (Fsp3) is 0.300. The minimum Gasteiger partial charge on any atom is -0.325 e. The molecule has 3 N–H and O–H groups in total. The number of nitrogens with one attached hydrogen (secondary N) is 3. The maximum Gasteiger partial charge on any atom is 0.255 e. The van der Waals surface area contributed by atoms with Gasteiger partial charge in [0.1, 0.15) is 0 Å². The van der Waals surface area contributed by atoms with Crippen molar-refractivity contribution in [3.05, 3.63) is 52.5 Å². The second-order valence-electron chi connectivity index (χ2n) is 6.96. The molecule has 0 aromatic heterocycles. The van der Waals surface area contributed by atoms with Crippen LogP contribution in [0.1, 0.15) is 43.0 Å². The molecule has 2 amide bonds. The summed E-state index contributed by atoms with van der Waals surface area (Å²) >= 11 is 3.34. The smallest absolute Gasteiger partial charge is 0.255 e. The van der Waals surface area contributed by atoms with Crippen LogP contribution in [0.15, 0.2) is 51.8 Å².